The zero-order valence-electron chi connectivity index (χ0n) is 6.83. The van der Waals surface area contributed by atoms with Crippen LogP contribution in [0.1, 0.15) is 10.4 Å². The van der Waals surface area contributed by atoms with Gasteiger partial charge in [0.25, 0.3) is 0 Å². The van der Waals surface area contributed by atoms with E-state index in [1.54, 1.807) is 0 Å². The van der Waals surface area contributed by atoms with Crippen molar-refractivity contribution in [3.05, 3.63) is 37.9 Å². The van der Waals surface area contributed by atoms with Gasteiger partial charge >= 0.3 is 11.7 Å². The lowest BCUT2D eigenvalue weighted by atomic mass is 10.1. The van der Waals surface area contributed by atoms with Gasteiger partial charge < -0.3 is 5.11 Å². The molecule has 0 unspecified atom stereocenters. The number of hydrogen-bond donors (Lipinski definition) is 1. The smallest absolute Gasteiger partial charge is 0.342 e. The molecule has 0 aliphatic rings. The van der Waals surface area contributed by atoms with Crippen LogP contribution in [0.15, 0.2) is 10.5 Å². The summed E-state index contributed by atoms with van der Waals surface area (Å²) in [4.78, 5) is 19.6. The SMILES string of the molecule is O=C(O)c1cc(F)c(Br)c(F)c1[N+](=O)[O-]. The average molecular weight is 282 g/mol. The molecule has 0 saturated carbocycles. The van der Waals surface area contributed by atoms with Gasteiger partial charge in [0.1, 0.15) is 11.4 Å². The van der Waals surface area contributed by atoms with Gasteiger partial charge in [0, 0.05) is 0 Å². The third-order valence-electron chi connectivity index (χ3n) is 1.55. The highest BCUT2D eigenvalue weighted by Crippen LogP contribution is 2.31. The van der Waals surface area contributed by atoms with E-state index in [2.05, 4.69) is 15.9 Å². The first kappa shape index (κ1) is 11.5. The molecule has 0 aliphatic carbocycles. The zero-order valence-corrected chi connectivity index (χ0v) is 8.42. The number of nitrogens with zero attached hydrogens (tertiary/aromatic N) is 1. The van der Waals surface area contributed by atoms with Crippen LogP contribution in [0.4, 0.5) is 14.5 Å². The van der Waals surface area contributed by atoms with Crippen LogP contribution in [0.5, 0.6) is 0 Å². The molecule has 0 aliphatic heterocycles. The molecule has 0 atom stereocenters. The number of carboxylic acid groups (broad SMARTS) is 1. The normalized spacial score (nSPS) is 10.1. The van der Waals surface area contributed by atoms with Crippen LogP contribution in [0.25, 0.3) is 0 Å². The molecule has 0 amide bonds. The Labute approximate surface area is 89.6 Å². The number of nitro benzene ring substituents is 1. The van der Waals surface area contributed by atoms with Crippen molar-refractivity contribution in [3.8, 4) is 0 Å². The molecule has 1 aromatic carbocycles. The van der Waals surface area contributed by atoms with Gasteiger partial charge in [-0.25, -0.2) is 9.18 Å². The third-order valence-corrected chi connectivity index (χ3v) is 2.28. The van der Waals surface area contributed by atoms with E-state index < -0.39 is 38.3 Å². The predicted octanol–water partition coefficient (Wildman–Crippen LogP) is 2.33. The molecule has 0 bridgehead atoms. The number of rotatable bonds is 2. The van der Waals surface area contributed by atoms with E-state index in [9.17, 15) is 23.7 Å². The van der Waals surface area contributed by atoms with E-state index in [4.69, 9.17) is 5.11 Å². The summed E-state index contributed by atoms with van der Waals surface area (Å²) in [5.41, 5.74) is -2.30. The Hall–Kier alpha value is -1.57. The number of aromatic carboxylic acids is 1. The maximum absolute atomic E-state index is 13.1. The Morgan fingerprint density at radius 1 is 1.53 bits per heavy atom. The summed E-state index contributed by atoms with van der Waals surface area (Å²) in [6.07, 6.45) is 0. The van der Waals surface area contributed by atoms with E-state index >= 15 is 0 Å². The second-order valence-electron chi connectivity index (χ2n) is 2.44. The zero-order chi connectivity index (χ0) is 11.7. The van der Waals surface area contributed by atoms with Crippen molar-refractivity contribution in [2.45, 2.75) is 0 Å². The van der Waals surface area contributed by atoms with Crippen molar-refractivity contribution in [2.75, 3.05) is 0 Å². The van der Waals surface area contributed by atoms with Crippen LogP contribution in [-0.2, 0) is 0 Å². The van der Waals surface area contributed by atoms with Crippen molar-refractivity contribution in [1.82, 2.24) is 0 Å². The summed E-state index contributed by atoms with van der Waals surface area (Å²) in [6.45, 7) is 0. The lowest BCUT2D eigenvalue weighted by Gasteiger charge is -2.02. The minimum Gasteiger partial charge on any atom is -0.477 e. The van der Waals surface area contributed by atoms with E-state index in [-0.39, 0.29) is 0 Å². The van der Waals surface area contributed by atoms with E-state index in [1.807, 2.05) is 0 Å². The Morgan fingerprint density at radius 2 is 2.07 bits per heavy atom. The largest absolute Gasteiger partial charge is 0.477 e. The lowest BCUT2D eigenvalue weighted by molar-refractivity contribution is -0.388. The van der Waals surface area contributed by atoms with Gasteiger partial charge in [-0.3, -0.25) is 10.1 Å². The molecule has 0 radical (unpaired) electrons. The average Bonchev–Trinajstić information content (AvgIpc) is 2.12. The lowest BCUT2D eigenvalue weighted by Crippen LogP contribution is -2.06. The van der Waals surface area contributed by atoms with Crippen LogP contribution in [0.3, 0.4) is 0 Å². The van der Waals surface area contributed by atoms with Crippen LogP contribution in [0.2, 0.25) is 0 Å². The number of benzene rings is 1. The molecule has 0 aromatic heterocycles. The fourth-order valence-corrected chi connectivity index (χ4v) is 1.23. The van der Waals surface area contributed by atoms with Gasteiger partial charge in [-0.05, 0) is 22.0 Å². The van der Waals surface area contributed by atoms with Gasteiger partial charge in [-0.2, -0.15) is 4.39 Å². The van der Waals surface area contributed by atoms with Crippen LogP contribution in [0, 0.1) is 21.7 Å². The summed E-state index contributed by atoms with van der Waals surface area (Å²) < 4.78 is 25.2. The number of hydrogen-bond acceptors (Lipinski definition) is 3. The standard InChI is InChI=1S/C7H2BrF2NO4/c8-4-3(9)1-2(7(12)13)6(5(4)10)11(14)15/h1H,(H,12,13). The number of carboxylic acids is 1. The molecule has 5 nitrogen and oxygen atoms in total. The van der Waals surface area contributed by atoms with Gasteiger partial charge in [0.05, 0.1) is 9.40 Å². The molecule has 1 rings (SSSR count). The van der Waals surface area contributed by atoms with Crippen molar-refractivity contribution in [3.63, 3.8) is 0 Å². The first-order valence-corrected chi connectivity index (χ1v) is 4.20. The predicted molar refractivity (Wildman–Crippen MR) is 47.7 cm³/mol. The Bertz CT molecular complexity index is 463. The van der Waals surface area contributed by atoms with E-state index in [0.717, 1.165) is 0 Å². The molecule has 0 saturated heterocycles. The van der Waals surface area contributed by atoms with E-state index in [0.29, 0.717) is 6.07 Å². The summed E-state index contributed by atoms with van der Waals surface area (Å²) in [5, 5.41) is 18.9. The first-order chi connectivity index (χ1) is 6.86. The fraction of sp³-hybridized carbons (Fsp3) is 0. The summed E-state index contributed by atoms with van der Waals surface area (Å²) in [7, 11) is 0. The maximum Gasteiger partial charge on any atom is 0.342 e. The van der Waals surface area contributed by atoms with Crippen molar-refractivity contribution in [2.24, 2.45) is 0 Å². The van der Waals surface area contributed by atoms with E-state index in [1.165, 1.54) is 0 Å². The van der Waals surface area contributed by atoms with Gasteiger partial charge in [0.15, 0.2) is 0 Å². The molecule has 1 aromatic rings. The van der Waals surface area contributed by atoms with Crippen LogP contribution >= 0.6 is 15.9 Å². The molecule has 0 spiro atoms. The topological polar surface area (TPSA) is 80.4 Å². The Balaban J connectivity index is 3.65. The quantitative estimate of drug-likeness (QED) is 0.513. The highest BCUT2D eigenvalue weighted by Gasteiger charge is 2.29. The second kappa shape index (κ2) is 3.89. The molecule has 1 N–H and O–H groups in total. The Morgan fingerprint density at radius 3 is 2.47 bits per heavy atom. The van der Waals surface area contributed by atoms with Gasteiger partial charge in [-0.1, -0.05) is 0 Å². The summed E-state index contributed by atoms with van der Waals surface area (Å²) in [6, 6.07) is 0.383. The minimum absolute atomic E-state index is 0.383. The molecule has 8 heteroatoms. The van der Waals surface area contributed by atoms with Crippen molar-refractivity contribution < 1.29 is 23.6 Å². The molecule has 0 fully saturated rings. The van der Waals surface area contributed by atoms with Crippen molar-refractivity contribution in [1.29, 1.82) is 0 Å². The molecule has 0 heterocycles. The first-order valence-electron chi connectivity index (χ1n) is 3.41. The summed E-state index contributed by atoms with van der Waals surface area (Å²) >= 11 is 2.43. The molecular formula is C7H2BrF2NO4. The Kier molecular flexibility index (Phi) is 2.98. The monoisotopic (exact) mass is 281 g/mol. The van der Waals surface area contributed by atoms with Crippen LogP contribution < -0.4 is 0 Å². The van der Waals surface area contributed by atoms with Gasteiger partial charge in [-0.15, -0.1) is 0 Å². The second-order valence-corrected chi connectivity index (χ2v) is 3.24. The number of nitro groups is 1. The maximum atomic E-state index is 13.1. The highest BCUT2D eigenvalue weighted by molar-refractivity contribution is 9.10. The highest BCUT2D eigenvalue weighted by atomic mass is 79.9. The molecule has 15 heavy (non-hydrogen) atoms. The van der Waals surface area contributed by atoms with Crippen LogP contribution in [-0.4, -0.2) is 16.0 Å². The van der Waals surface area contributed by atoms with Gasteiger partial charge in [0.2, 0.25) is 5.82 Å². The fourth-order valence-electron chi connectivity index (χ4n) is 0.927. The molecule has 80 valence electrons. The summed E-state index contributed by atoms with van der Waals surface area (Å²) in [5.74, 6) is -4.53. The molecular weight excluding hydrogens is 280 g/mol. The number of halogens is 3. The third kappa shape index (κ3) is 1.94. The number of carbonyl (C=O) groups is 1. The minimum atomic E-state index is -1.77. The van der Waals surface area contributed by atoms with Crippen molar-refractivity contribution >= 4 is 27.6 Å².